The molecule has 0 aliphatic carbocycles. The number of benzene rings is 1. The normalized spacial score (nSPS) is 16.1. The molecular weight excluding hydrogens is 714 g/mol. The number of alkyl halides is 18. The summed E-state index contributed by atoms with van der Waals surface area (Å²) in [6.45, 7) is 8.14. The van der Waals surface area contributed by atoms with Crippen molar-refractivity contribution in [2.45, 2.75) is 105 Å². The maximum atomic E-state index is 14.5. The zero-order valence-corrected chi connectivity index (χ0v) is 24.4. The first-order valence-corrected chi connectivity index (χ1v) is 13.2. The summed E-state index contributed by atoms with van der Waals surface area (Å²) in [6.07, 6.45) is -7.15. The van der Waals surface area contributed by atoms with Crippen molar-refractivity contribution in [3.8, 4) is 5.75 Å². The third-order valence-corrected chi connectivity index (χ3v) is 7.22. The summed E-state index contributed by atoms with van der Waals surface area (Å²) in [4.78, 5) is 0. The van der Waals surface area contributed by atoms with Crippen LogP contribution in [0.15, 0.2) is 18.2 Å². The number of hydrogen-bond acceptors (Lipinski definition) is 3. The molecule has 0 fully saturated rings. The third-order valence-electron chi connectivity index (χ3n) is 6.31. The lowest BCUT2D eigenvalue weighted by Gasteiger charge is -2.44. The Hall–Kier alpha value is -2.33. The van der Waals surface area contributed by atoms with Crippen molar-refractivity contribution < 1.29 is 96.7 Å². The van der Waals surface area contributed by atoms with Crippen LogP contribution in [0.3, 0.4) is 0 Å². The highest BCUT2D eigenvalue weighted by molar-refractivity contribution is 7.87. The Bertz CT molecular complexity index is 1410. The van der Waals surface area contributed by atoms with E-state index in [1.165, 1.54) is 41.5 Å². The van der Waals surface area contributed by atoms with E-state index in [1.54, 1.807) is 0 Å². The Morgan fingerprint density at radius 2 is 0.848 bits per heavy atom. The number of rotatable bonds is 11. The Kier molecular flexibility index (Phi) is 9.83. The van der Waals surface area contributed by atoms with Gasteiger partial charge in [-0.25, -0.2) is 0 Å². The maximum Gasteiger partial charge on any atom is 0.471 e. The molecular formula is C23H22F18O4S. The molecule has 0 unspecified atom stereocenters. The van der Waals surface area contributed by atoms with Gasteiger partial charge in [0.05, 0.1) is 0 Å². The first-order valence-electron chi connectivity index (χ1n) is 11.8. The van der Waals surface area contributed by atoms with Gasteiger partial charge in [0.25, 0.3) is 0 Å². The highest BCUT2D eigenvalue weighted by Crippen LogP contribution is 2.65. The van der Waals surface area contributed by atoms with Crippen LogP contribution >= 0.6 is 0 Å². The van der Waals surface area contributed by atoms with E-state index in [2.05, 4.69) is 4.74 Å². The molecule has 23 heteroatoms. The summed E-state index contributed by atoms with van der Waals surface area (Å²) in [5.41, 5.74) is -2.59. The molecule has 0 aliphatic rings. The second-order valence-electron chi connectivity index (χ2n) is 11.8. The average molecular weight is 736 g/mol. The van der Waals surface area contributed by atoms with Gasteiger partial charge in [-0.05, 0) is 22.5 Å². The lowest BCUT2D eigenvalue weighted by molar-refractivity contribution is -0.469. The Labute approximate surface area is 247 Å². The van der Waals surface area contributed by atoms with Crippen LogP contribution in [-0.4, -0.2) is 65.8 Å². The molecule has 0 bridgehead atoms. The van der Waals surface area contributed by atoms with Gasteiger partial charge < -0.3 is 4.74 Å². The fourth-order valence-electron chi connectivity index (χ4n) is 3.39. The Morgan fingerprint density at radius 3 is 1.15 bits per heavy atom. The fourth-order valence-corrected chi connectivity index (χ4v) is 3.84. The Balaban J connectivity index is 3.87. The van der Waals surface area contributed by atoms with Crippen LogP contribution in [0.5, 0.6) is 5.75 Å². The summed E-state index contributed by atoms with van der Waals surface area (Å²) in [5.74, 6) is -63.1. The minimum Gasteiger partial charge on any atom is -0.428 e. The van der Waals surface area contributed by atoms with E-state index in [4.69, 9.17) is 4.55 Å². The molecule has 1 N–H and O–H groups in total. The van der Waals surface area contributed by atoms with Crippen LogP contribution in [0.25, 0.3) is 0 Å². The molecule has 0 aromatic heterocycles. The summed E-state index contributed by atoms with van der Waals surface area (Å²) in [6, 6.07) is 2.25. The van der Waals surface area contributed by atoms with E-state index < -0.39 is 85.1 Å². The maximum absolute atomic E-state index is 14.5. The van der Waals surface area contributed by atoms with Gasteiger partial charge in [0.1, 0.15) is 5.75 Å². The average Bonchev–Trinajstić information content (AvgIpc) is 2.80. The molecule has 0 aliphatic heterocycles. The van der Waals surface area contributed by atoms with Crippen LogP contribution in [0.1, 0.15) is 52.7 Å². The smallest absolute Gasteiger partial charge is 0.428 e. The number of halogens is 18. The highest BCUT2D eigenvalue weighted by Gasteiger charge is 2.97. The van der Waals surface area contributed by atoms with Crippen LogP contribution in [-0.2, 0) is 20.9 Å². The van der Waals surface area contributed by atoms with Crippen LogP contribution in [0.2, 0.25) is 0 Å². The van der Waals surface area contributed by atoms with Crippen molar-refractivity contribution in [1.82, 2.24) is 0 Å². The molecule has 1 aromatic carbocycles. The molecule has 0 radical (unpaired) electrons. The SMILES string of the molecule is CC(C)(C)c1ccc(OC(F)(F)C(F)(F)C(F)(F)C(F)(F)C(F)(F)C(F)(F)C(F)(F)C(F)(F)C(F)(F)S(=O)(=O)O)c(C(C)(C)C)c1. The molecule has 1 aromatic rings. The molecule has 0 atom stereocenters. The van der Waals surface area contributed by atoms with Crippen LogP contribution < -0.4 is 4.74 Å². The quantitative estimate of drug-likeness (QED) is 0.182. The number of hydrogen-bond donors (Lipinski definition) is 1. The van der Waals surface area contributed by atoms with Gasteiger partial charge in [0.15, 0.2) is 0 Å². The van der Waals surface area contributed by atoms with Gasteiger partial charge in [0.2, 0.25) is 0 Å². The molecule has 1 rings (SSSR count). The molecule has 46 heavy (non-hydrogen) atoms. The van der Waals surface area contributed by atoms with E-state index in [-0.39, 0.29) is 5.56 Å². The largest absolute Gasteiger partial charge is 0.471 e. The monoisotopic (exact) mass is 736 g/mol. The first kappa shape index (κ1) is 41.7. The third kappa shape index (κ3) is 5.84. The van der Waals surface area contributed by atoms with Gasteiger partial charge >= 0.3 is 62.9 Å². The summed E-state index contributed by atoms with van der Waals surface area (Å²) >= 11 is 0. The molecule has 4 nitrogen and oxygen atoms in total. The molecule has 0 saturated carbocycles. The second kappa shape index (κ2) is 10.8. The molecule has 0 heterocycles. The van der Waals surface area contributed by atoms with Gasteiger partial charge in [-0.15, -0.1) is 0 Å². The zero-order valence-electron chi connectivity index (χ0n) is 23.6. The molecule has 0 amide bonds. The van der Waals surface area contributed by atoms with Crippen molar-refractivity contribution in [2.24, 2.45) is 0 Å². The topological polar surface area (TPSA) is 63.6 Å². The van der Waals surface area contributed by atoms with Crippen molar-refractivity contribution >= 4 is 10.1 Å². The van der Waals surface area contributed by atoms with Crippen molar-refractivity contribution in [3.63, 3.8) is 0 Å². The lowest BCUT2D eigenvalue weighted by atomic mass is 9.80. The summed E-state index contributed by atoms with van der Waals surface area (Å²) in [5, 5.41) is -7.96. The Morgan fingerprint density at radius 1 is 0.522 bits per heavy atom. The van der Waals surface area contributed by atoms with Crippen molar-refractivity contribution in [1.29, 1.82) is 0 Å². The number of ether oxygens (including phenoxy) is 1. The minimum atomic E-state index is -9.11. The molecule has 0 spiro atoms. The van der Waals surface area contributed by atoms with E-state index in [0.29, 0.717) is 6.07 Å². The van der Waals surface area contributed by atoms with Crippen LogP contribution in [0, 0.1) is 0 Å². The minimum absolute atomic E-state index is 0.232. The molecule has 270 valence electrons. The lowest BCUT2D eigenvalue weighted by Crippen LogP contribution is -2.76. The van der Waals surface area contributed by atoms with E-state index in [0.717, 1.165) is 12.1 Å². The second-order valence-corrected chi connectivity index (χ2v) is 13.3. The van der Waals surface area contributed by atoms with E-state index >= 15 is 0 Å². The van der Waals surface area contributed by atoms with Gasteiger partial charge in [-0.1, -0.05) is 53.7 Å². The summed E-state index contributed by atoms with van der Waals surface area (Å²) < 4.78 is 284. The standard InChI is InChI=1S/C23H22F18O4S/c1-13(2,3)10-7-8-12(11(9-10)14(4,5)6)45-22(38,39)20(34,35)18(30,31)16(26,27)15(24,25)17(28,29)19(32,33)21(36,37)23(40,41)46(42,43)44/h7-9H,1-6H3,(H,42,43,44). The van der Waals surface area contributed by atoms with Crippen molar-refractivity contribution in [2.75, 3.05) is 0 Å². The highest BCUT2D eigenvalue weighted by atomic mass is 32.2. The fraction of sp³-hybridized carbons (Fsp3) is 0.739. The predicted molar refractivity (Wildman–Crippen MR) is 121 cm³/mol. The van der Waals surface area contributed by atoms with Gasteiger partial charge in [0, 0.05) is 5.56 Å². The van der Waals surface area contributed by atoms with Crippen LogP contribution in [0.4, 0.5) is 79.0 Å². The zero-order chi connectivity index (χ0) is 37.6. The molecule has 0 saturated heterocycles. The van der Waals surface area contributed by atoms with E-state index in [1.807, 2.05) is 0 Å². The van der Waals surface area contributed by atoms with Crippen molar-refractivity contribution in [3.05, 3.63) is 29.3 Å². The predicted octanol–water partition coefficient (Wildman–Crippen LogP) is 9.18. The van der Waals surface area contributed by atoms with E-state index in [9.17, 15) is 87.4 Å². The van der Waals surface area contributed by atoms with Gasteiger partial charge in [-0.3, -0.25) is 4.55 Å². The van der Waals surface area contributed by atoms with Gasteiger partial charge in [-0.2, -0.15) is 87.4 Å². The first-order chi connectivity index (χ1) is 19.6. The summed E-state index contributed by atoms with van der Waals surface area (Å²) in [7, 11) is -8.02.